The summed E-state index contributed by atoms with van der Waals surface area (Å²) >= 11 is 0. The molecule has 0 unspecified atom stereocenters. The van der Waals surface area contributed by atoms with E-state index in [0.29, 0.717) is 0 Å². The van der Waals surface area contributed by atoms with Crippen LogP contribution in [0, 0.1) is 0 Å². The number of anilines is 1. The molecule has 1 aliphatic heterocycles. The Kier molecular flexibility index (Phi) is 2.89. The van der Waals surface area contributed by atoms with Crippen molar-refractivity contribution in [2.75, 3.05) is 31.1 Å². The second kappa shape index (κ2) is 4.45. The minimum Gasteiger partial charge on any atom is -0.353 e. The molecule has 1 aliphatic rings. The third kappa shape index (κ3) is 2.16. The van der Waals surface area contributed by atoms with Crippen molar-refractivity contribution in [3.8, 4) is 0 Å². The molecular formula is C13H20N6. The molecule has 0 atom stereocenters. The highest BCUT2D eigenvalue weighted by Crippen LogP contribution is 2.26. The molecule has 0 aliphatic carbocycles. The normalized spacial score (nSPS) is 17.1. The maximum absolute atomic E-state index is 4.49. The SMILES string of the molecule is CC(C)(C)n1ncc2c(N3CCNCC3)ncnc21. The first-order chi connectivity index (χ1) is 9.07. The number of hydrogen-bond donors (Lipinski definition) is 1. The zero-order chi connectivity index (χ0) is 13.5. The number of aromatic nitrogens is 4. The molecule has 0 bridgehead atoms. The minimum atomic E-state index is -0.0726. The van der Waals surface area contributed by atoms with E-state index in [9.17, 15) is 0 Å². The van der Waals surface area contributed by atoms with Crippen molar-refractivity contribution in [2.45, 2.75) is 26.3 Å². The number of nitrogens with zero attached hydrogens (tertiary/aromatic N) is 5. The van der Waals surface area contributed by atoms with Gasteiger partial charge in [0, 0.05) is 26.2 Å². The summed E-state index contributed by atoms with van der Waals surface area (Å²) in [7, 11) is 0. The topological polar surface area (TPSA) is 58.9 Å². The van der Waals surface area contributed by atoms with Crippen LogP contribution in [-0.4, -0.2) is 45.9 Å². The summed E-state index contributed by atoms with van der Waals surface area (Å²) in [4.78, 5) is 11.2. The molecule has 0 aromatic carbocycles. The summed E-state index contributed by atoms with van der Waals surface area (Å²) < 4.78 is 1.97. The van der Waals surface area contributed by atoms with E-state index in [0.717, 1.165) is 43.0 Å². The molecule has 6 nitrogen and oxygen atoms in total. The molecule has 3 rings (SSSR count). The molecule has 1 N–H and O–H groups in total. The highest BCUT2D eigenvalue weighted by Gasteiger charge is 2.22. The number of fused-ring (bicyclic) bond motifs is 1. The largest absolute Gasteiger partial charge is 0.353 e. The van der Waals surface area contributed by atoms with E-state index in [1.807, 2.05) is 10.9 Å². The Balaban J connectivity index is 2.09. The molecule has 102 valence electrons. The maximum atomic E-state index is 4.49. The summed E-state index contributed by atoms with van der Waals surface area (Å²) in [6.07, 6.45) is 3.53. The summed E-state index contributed by atoms with van der Waals surface area (Å²) in [6.45, 7) is 10.3. The van der Waals surface area contributed by atoms with Crippen LogP contribution in [0.5, 0.6) is 0 Å². The Hall–Kier alpha value is -1.69. The zero-order valence-electron chi connectivity index (χ0n) is 11.7. The Bertz CT molecular complexity index is 576. The fourth-order valence-corrected chi connectivity index (χ4v) is 2.45. The Morgan fingerprint density at radius 2 is 1.89 bits per heavy atom. The van der Waals surface area contributed by atoms with E-state index >= 15 is 0 Å². The summed E-state index contributed by atoms with van der Waals surface area (Å²) in [5.74, 6) is 1.00. The minimum absolute atomic E-state index is 0.0726. The van der Waals surface area contributed by atoms with Crippen LogP contribution in [0.1, 0.15) is 20.8 Å². The lowest BCUT2D eigenvalue weighted by atomic mass is 10.1. The molecular weight excluding hydrogens is 240 g/mol. The Labute approximate surface area is 112 Å². The van der Waals surface area contributed by atoms with E-state index in [1.165, 1.54) is 0 Å². The van der Waals surface area contributed by atoms with Gasteiger partial charge in [-0.3, -0.25) is 0 Å². The first kappa shape index (κ1) is 12.3. The number of rotatable bonds is 1. The first-order valence-corrected chi connectivity index (χ1v) is 6.72. The van der Waals surface area contributed by atoms with Gasteiger partial charge in [-0.1, -0.05) is 0 Å². The van der Waals surface area contributed by atoms with E-state index in [1.54, 1.807) is 6.33 Å². The smallest absolute Gasteiger partial charge is 0.163 e. The average molecular weight is 260 g/mol. The van der Waals surface area contributed by atoms with Crippen LogP contribution < -0.4 is 10.2 Å². The highest BCUT2D eigenvalue weighted by atomic mass is 15.3. The van der Waals surface area contributed by atoms with E-state index in [4.69, 9.17) is 0 Å². The molecule has 0 saturated carbocycles. The van der Waals surface area contributed by atoms with Crippen LogP contribution in [0.15, 0.2) is 12.5 Å². The molecule has 2 aromatic rings. The fraction of sp³-hybridized carbons (Fsp3) is 0.615. The average Bonchev–Trinajstić information content (AvgIpc) is 2.83. The second-order valence-electron chi connectivity index (χ2n) is 5.90. The van der Waals surface area contributed by atoms with Gasteiger partial charge < -0.3 is 10.2 Å². The van der Waals surface area contributed by atoms with Crippen LogP contribution >= 0.6 is 0 Å². The van der Waals surface area contributed by atoms with Crippen LogP contribution in [0.3, 0.4) is 0 Å². The van der Waals surface area contributed by atoms with Crippen LogP contribution in [0.4, 0.5) is 5.82 Å². The predicted octanol–water partition coefficient (Wildman–Crippen LogP) is 0.991. The molecule has 0 amide bonds. The lowest BCUT2D eigenvalue weighted by Crippen LogP contribution is -2.44. The number of nitrogens with one attached hydrogen (secondary N) is 1. The van der Waals surface area contributed by atoms with Gasteiger partial charge in [0.05, 0.1) is 17.1 Å². The summed E-state index contributed by atoms with van der Waals surface area (Å²) in [5, 5.41) is 8.89. The second-order valence-corrected chi connectivity index (χ2v) is 5.90. The highest BCUT2D eigenvalue weighted by molar-refractivity contribution is 5.86. The van der Waals surface area contributed by atoms with E-state index in [-0.39, 0.29) is 5.54 Å². The van der Waals surface area contributed by atoms with E-state index < -0.39 is 0 Å². The van der Waals surface area contributed by atoms with Crippen LogP contribution in [-0.2, 0) is 5.54 Å². The molecule has 6 heteroatoms. The van der Waals surface area contributed by atoms with Gasteiger partial charge in [-0.15, -0.1) is 0 Å². The molecule has 3 heterocycles. The molecule has 2 aromatic heterocycles. The Morgan fingerprint density at radius 3 is 2.58 bits per heavy atom. The molecule has 1 fully saturated rings. The van der Waals surface area contributed by atoms with Crippen molar-refractivity contribution >= 4 is 16.9 Å². The van der Waals surface area contributed by atoms with Gasteiger partial charge >= 0.3 is 0 Å². The van der Waals surface area contributed by atoms with E-state index in [2.05, 4.69) is 46.1 Å². The molecule has 19 heavy (non-hydrogen) atoms. The maximum Gasteiger partial charge on any atom is 0.163 e. The molecule has 0 spiro atoms. The Morgan fingerprint density at radius 1 is 1.16 bits per heavy atom. The number of hydrogen-bond acceptors (Lipinski definition) is 5. The van der Waals surface area contributed by atoms with Gasteiger partial charge in [0.1, 0.15) is 12.1 Å². The van der Waals surface area contributed by atoms with Crippen molar-refractivity contribution in [1.29, 1.82) is 0 Å². The van der Waals surface area contributed by atoms with Crippen molar-refractivity contribution in [3.05, 3.63) is 12.5 Å². The van der Waals surface area contributed by atoms with Gasteiger partial charge in [-0.25, -0.2) is 14.6 Å². The van der Waals surface area contributed by atoms with Crippen LogP contribution in [0.2, 0.25) is 0 Å². The van der Waals surface area contributed by atoms with Crippen LogP contribution in [0.25, 0.3) is 11.0 Å². The molecule has 0 radical (unpaired) electrons. The predicted molar refractivity (Wildman–Crippen MR) is 75.4 cm³/mol. The zero-order valence-corrected chi connectivity index (χ0v) is 11.7. The quantitative estimate of drug-likeness (QED) is 0.828. The van der Waals surface area contributed by atoms with Crippen molar-refractivity contribution < 1.29 is 0 Å². The van der Waals surface area contributed by atoms with Gasteiger partial charge in [0.15, 0.2) is 5.65 Å². The standard InChI is InChI=1S/C13H20N6/c1-13(2,3)19-12-10(8-17-19)11(15-9-16-12)18-6-4-14-5-7-18/h8-9,14H,4-7H2,1-3H3. The van der Waals surface area contributed by atoms with Gasteiger partial charge in [0.25, 0.3) is 0 Å². The van der Waals surface area contributed by atoms with Gasteiger partial charge in [-0.2, -0.15) is 5.10 Å². The molecule has 1 saturated heterocycles. The van der Waals surface area contributed by atoms with Crippen molar-refractivity contribution in [1.82, 2.24) is 25.1 Å². The van der Waals surface area contributed by atoms with Gasteiger partial charge in [-0.05, 0) is 20.8 Å². The lowest BCUT2D eigenvalue weighted by molar-refractivity contribution is 0.366. The first-order valence-electron chi connectivity index (χ1n) is 6.72. The third-order valence-electron chi connectivity index (χ3n) is 3.40. The number of piperazine rings is 1. The summed E-state index contributed by atoms with van der Waals surface area (Å²) in [6, 6.07) is 0. The monoisotopic (exact) mass is 260 g/mol. The fourth-order valence-electron chi connectivity index (χ4n) is 2.45. The van der Waals surface area contributed by atoms with Gasteiger partial charge in [0.2, 0.25) is 0 Å². The third-order valence-corrected chi connectivity index (χ3v) is 3.40. The van der Waals surface area contributed by atoms with Crippen molar-refractivity contribution in [2.24, 2.45) is 0 Å². The lowest BCUT2D eigenvalue weighted by Gasteiger charge is -2.28. The summed E-state index contributed by atoms with van der Waals surface area (Å²) in [5.41, 5.74) is 0.840. The van der Waals surface area contributed by atoms with Crippen molar-refractivity contribution in [3.63, 3.8) is 0 Å².